The van der Waals surface area contributed by atoms with E-state index in [-0.39, 0.29) is 28.0 Å². The largest absolute Gasteiger partial charge is 0.491 e. The molecule has 0 saturated carbocycles. The van der Waals surface area contributed by atoms with Gasteiger partial charge in [0.15, 0.2) is 5.82 Å². The molecule has 0 unspecified atom stereocenters. The van der Waals surface area contributed by atoms with Gasteiger partial charge < -0.3 is 25.8 Å². The first-order valence-electron chi connectivity index (χ1n) is 10.2. The second-order valence-electron chi connectivity index (χ2n) is 7.20. The normalized spacial score (nSPS) is 12.7. The Kier molecular flexibility index (Phi) is 6.64. The molecule has 4 rings (SSSR count). The number of hydrogen-bond donors (Lipinski definition) is 4. The zero-order valence-corrected chi connectivity index (χ0v) is 18.7. The average molecular weight is 487 g/mol. The molecule has 1 aliphatic rings. The number of halogens is 2. The second-order valence-corrected chi connectivity index (χ2v) is 7.61. The van der Waals surface area contributed by atoms with Crippen molar-refractivity contribution in [2.24, 2.45) is 0 Å². The van der Waals surface area contributed by atoms with Crippen molar-refractivity contribution in [1.29, 1.82) is 0 Å². The number of ether oxygens (including phenoxy) is 1. The lowest BCUT2D eigenvalue weighted by Gasteiger charge is -2.18. The van der Waals surface area contributed by atoms with Gasteiger partial charge in [0, 0.05) is 25.3 Å². The van der Waals surface area contributed by atoms with Crippen molar-refractivity contribution >= 4 is 52.4 Å². The van der Waals surface area contributed by atoms with Gasteiger partial charge in [-0.2, -0.15) is 4.98 Å². The molecule has 3 aromatic rings. The number of nitrogens with zero attached hydrogens (tertiary/aromatic N) is 3. The molecule has 0 radical (unpaired) electrons. The maximum atomic E-state index is 14.5. The molecule has 4 N–H and O–H groups in total. The summed E-state index contributed by atoms with van der Waals surface area (Å²) in [7, 11) is 1.44. The minimum Gasteiger partial charge on any atom is -0.491 e. The van der Waals surface area contributed by atoms with Crippen LogP contribution in [0.4, 0.5) is 38.0 Å². The van der Waals surface area contributed by atoms with Crippen molar-refractivity contribution in [3.8, 4) is 5.75 Å². The summed E-state index contributed by atoms with van der Waals surface area (Å²) >= 11 is 6.21. The fourth-order valence-electron chi connectivity index (χ4n) is 3.39. The third-order valence-electron chi connectivity index (χ3n) is 4.99. The number of fused-ring (bicyclic) bond motifs is 1. The van der Waals surface area contributed by atoms with Crippen LogP contribution in [0.25, 0.3) is 0 Å². The lowest BCUT2D eigenvalue weighted by Crippen LogP contribution is -2.29. The van der Waals surface area contributed by atoms with E-state index in [2.05, 4.69) is 25.9 Å². The summed E-state index contributed by atoms with van der Waals surface area (Å²) in [5.41, 5.74) is 0.977. The van der Waals surface area contributed by atoms with Crippen LogP contribution in [0, 0.1) is 5.82 Å². The lowest BCUT2D eigenvalue weighted by atomic mass is 10.1. The Labute approximate surface area is 198 Å². The number of carboxylic acid groups (broad SMARTS) is 1. The first-order chi connectivity index (χ1) is 16.4. The van der Waals surface area contributed by atoms with Gasteiger partial charge in [-0.15, -0.1) is 0 Å². The molecule has 2 amide bonds. The van der Waals surface area contributed by atoms with Crippen molar-refractivity contribution in [2.75, 3.05) is 35.7 Å². The smallest absolute Gasteiger partial charge is 0.411 e. The molecule has 0 bridgehead atoms. The number of carbonyl (C=O) groups is 2. The number of nitrogens with one attached hydrogen (secondary N) is 3. The number of amides is 2. The average Bonchev–Trinajstić information content (AvgIpc) is 3.04. The Morgan fingerprint density at radius 1 is 1.24 bits per heavy atom. The first kappa shape index (κ1) is 23.1. The standard InChI is InChI=1S/C22H20ClFN6O4/c1-25-20(31)13-4-2-5-15(24)18(13)28-19-14(23)11-26-21(29-19)27-12-6-7-16-17(10-12)34-9-3-8-30(16)22(32)33/h2,4-7,10-11H,3,8-9H2,1H3,(H,25,31)(H,32,33)(H2,26,27,28,29). The first-order valence-corrected chi connectivity index (χ1v) is 10.6. The SMILES string of the molecule is CNC(=O)c1cccc(F)c1Nc1nc(Nc2ccc3c(c2)OCCCN3C(=O)O)ncc1Cl. The Morgan fingerprint density at radius 3 is 2.82 bits per heavy atom. The third-order valence-corrected chi connectivity index (χ3v) is 5.27. The lowest BCUT2D eigenvalue weighted by molar-refractivity contribution is 0.0963. The van der Waals surface area contributed by atoms with E-state index in [1.807, 2.05) is 0 Å². The minimum absolute atomic E-state index is 0.0810. The molecule has 2 heterocycles. The van der Waals surface area contributed by atoms with Gasteiger partial charge in [0.25, 0.3) is 5.91 Å². The van der Waals surface area contributed by atoms with Crippen molar-refractivity contribution < 1.29 is 23.8 Å². The van der Waals surface area contributed by atoms with Crippen molar-refractivity contribution in [3.63, 3.8) is 0 Å². The summed E-state index contributed by atoms with van der Waals surface area (Å²) < 4.78 is 20.2. The molecule has 0 spiro atoms. The summed E-state index contributed by atoms with van der Waals surface area (Å²) in [4.78, 5) is 33.3. The maximum Gasteiger partial charge on any atom is 0.411 e. The van der Waals surface area contributed by atoms with E-state index in [9.17, 15) is 19.1 Å². The summed E-state index contributed by atoms with van der Waals surface area (Å²) in [6, 6.07) is 9.03. The molecule has 0 atom stereocenters. The fourth-order valence-corrected chi connectivity index (χ4v) is 3.53. The third kappa shape index (κ3) is 4.79. The van der Waals surface area contributed by atoms with Gasteiger partial charge in [-0.25, -0.2) is 14.2 Å². The zero-order valence-electron chi connectivity index (χ0n) is 17.9. The van der Waals surface area contributed by atoms with Gasteiger partial charge in [0.2, 0.25) is 5.95 Å². The number of rotatable bonds is 5. The Morgan fingerprint density at radius 2 is 2.06 bits per heavy atom. The van der Waals surface area contributed by atoms with Crippen molar-refractivity contribution in [3.05, 3.63) is 59.0 Å². The van der Waals surface area contributed by atoms with Crippen LogP contribution in [0.15, 0.2) is 42.6 Å². The van der Waals surface area contributed by atoms with Gasteiger partial charge in [0.05, 0.1) is 29.7 Å². The molecular weight excluding hydrogens is 467 g/mol. The van der Waals surface area contributed by atoms with Gasteiger partial charge in [-0.1, -0.05) is 17.7 Å². The predicted molar refractivity (Wildman–Crippen MR) is 125 cm³/mol. The Bertz CT molecular complexity index is 1260. The summed E-state index contributed by atoms with van der Waals surface area (Å²) in [5, 5.41) is 17.8. The van der Waals surface area contributed by atoms with E-state index in [0.29, 0.717) is 36.7 Å². The molecule has 34 heavy (non-hydrogen) atoms. The van der Waals surface area contributed by atoms with Crippen LogP contribution >= 0.6 is 11.6 Å². The van der Waals surface area contributed by atoms with E-state index < -0.39 is 17.8 Å². The number of hydrogen-bond acceptors (Lipinski definition) is 7. The van der Waals surface area contributed by atoms with Crippen molar-refractivity contribution in [2.45, 2.75) is 6.42 Å². The molecule has 176 valence electrons. The fraction of sp³-hybridized carbons (Fsp3) is 0.182. The minimum atomic E-state index is -1.06. The molecule has 2 aromatic carbocycles. The number of aromatic nitrogens is 2. The van der Waals surface area contributed by atoms with Crippen LogP contribution in [0.1, 0.15) is 16.8 Å². The van der Waals surface area contributed by atoms with Crippen LogP contribution in [0.3, 0.4) is 0 Å². The van der Waals surface area contributed by atoms with E-state index in [1.54, 1.807) is 18.2 Å². The molecule has 0 aliphatic carbocycles. The molecule has 1 aromatic heterocycles. The molecule has 1 aliphatic heterocycles. The maximum absolute atomic E-state index is 14.5. The molecular formula is C22H20ClFN6O4. The monoisotopic (exact) mass is 486 g/mol. The number of benzene rings is 2. The highest BCUT2D eigenvalue weighted by molar-refractivity contribution is 6.33. The number of carbonyl (C=O) groups excluding carboxylic acids is 1. The zero-order chi connectivity index (χ0) is 24.2. The highest BCUT2D eigenvalue weighted by Gasteiger charge is 2.22. The molecule has 10 nitrogen and oxygen atoms in total. The number of anilines is 5. The summed E-state index contributed by atoms with van der Waals surface area (Å²) in [6.07, 6.45) is 0.826. The van der Waals surface area contributed by atoms with Crippen LogP contribution in [0.5, 0.6) is 5.75 Å². The van der Waals surface area contributed by atoms with E-state index in [1.165, 1.54) is 36.3 Å². The topological polar surface area (TPSA) is 129 Å². The van der Waals surface area contributed by atoms with Gasteiger partial charge in [-0.3, -0.25) is 9.69 Å². The number of para-hydroxylation sites is 1. The Balaban J connectivity index is 1.61. The van der Waals surface area contributed by atoms with Gasteiger partial charge in [0.1, 0.15) is 16.6 Å². The molecule has 12 heteroatoms. The van der Waals surface area contributed by atoms with E-state index >= 15 is 0 Å². The van der Waals surface area contributed by atoms with Gasteiger partial charge >= 0.3 is 6.09 Å². The predicted octanol–water partition coefficient (Wildman–Crippen LogP) is 4.38. The summed E-state index contributed by atoms with van der Waals surface area (Å²) in [5.74, 6) is -0.522. The van der Waals surface area contributed by atoms with Crippen molar-refractivity contribution in [1.82, 2.24) is 15.3 Å². The highest BCUT2D eigenvalue weighted by Crippen LogP contribution is 2.35. The molecule has 0 saturated heterocycles. The van der Waals surface area contributed by atoms with Crippen LogP contribution < -0.4 is 25.6 Å². The van der Waals surface area contributed by atoms with Crippen LogP contribution in [-0.2, 0) is 0 Å². The van der Waals surface area contributed by atoms with Gasteiger partial charge in [-0.05, 0) is 30.7 Å². The van der Waals surface area contributed by atoms with E-state index in [0.717, 1.165) is 0 Å². The van der Waals surface area contributed by atoms with Crippen LogP contribution in [0.2, 0.25) is 5.02 Å². The Hall–Kier alpha value is -4.12. The molecule has 0 fully saturated rings. The quantitative estimate of drug-likeness (QED) is 0.418. The second kappa shape index (κ2) is 9.79. The summed E-state index contributed by atoms with van der Waals surface area (Å²) in [6.45, 7) is 0.709. The van der Waals surface area contributed by atoms with E-state index in [4.69, 9.17) is 16.3 Å². The highest BCUT2D eigenvalue weighted by atomic mass is 35.5. The van der Waals surface area contributed by atoms with Crippen LogP contribution in [-0.4, -0.2) is 47.3 Å².